The molecule has 1 aromatic heterocycles. The Morgan fingerprint density at radius 3 is 2.62 bits per heavy atom. The zero-order valence-corrected chi connectivity index (χ0v) is 16.9. The molecule has 2 aliphatic rings. The van der Waals surface area contributed by atoms with Crippen molar-refractivity contribution in [1.82, 2.24) is 15.3 Å². The maximum Gasteiger partial charge on any atom is 0.405 e. The monoisotopic (exact) mass is 393 g/mol. The highest BCUT2D eigenvalue weighted by molar-refractivity contribution is 5.92. The molecule has 0 spiro atoms. The van der Waals surface area contributed by atoms with Crippen molar-refractivity contribution in [2.45, 2.75) is 45.1 Å². The van der Waals surface area contributed by atoms with E-state index in [4.69, 9.17) is 5.11 Å². The summed E-state index contributed by atoms with van der Waals surface area (Å²) in [5, 5.41) is 21.2. The van der Waals surface area contributed by atoms with Crippen LogP contribution in [0.15, 0.2) is 24.5 Å². The summed E-state index contributed by atoms with van der Waals surface area (Å²) in [5.74, 6) is 1.77. The molecule has 0 radical (unpaired) electrons. The van der Waals surface area contributed by atoms with Gasteiger partial charge in [-0.1, -0.05) is 0 Å². The van der Waals surface area contributed by atoms with Gasteiger partial charge in [-0.25, -0.2) is 4.79 Å². The Morgan fingerprint density at radius 1 is 1.24 bits per heavy atom. The number of nitrogens with one attached hydrogen (secondary N) is 1. The number of anilines is 1. The lowest BCUT2D eigenvalue weighted by molar-refractivity contribution is 0.170. The molecule has 2 N–H and O–H groups in total. The van der Waals surface area contributed by atoms with Crippen molar-refractivity contribution in [3.8, 4) is 6.07 Å². The molecular formula is C22H27N5O2. The van der Waals surface area contributed by atoms with Crippen LogP contribution < -0.4 is 10.2 Å². The first-order chi connectivity index (χ1) is 13.9. The molecule has 2 heterocycles. The van der Waals surface area contributed by atoms with Crippen molar-refractivity contribution in [3.05, 3.63) is 30.1 Å². The molecule has 4 rings (SSSR count). The Bertz CT molecular complexity index is 963. The predicted octanol–water partition coefficient (Wildman–Crippen LogP) is 3.79. The molecule has 1 amide bonds. The first-order valence-electron chi connectivity index (χ1n) is 10.3. The normalized spacial score (nSPS) is 22.3. The van der Waals surface area contributed by atoms with Gasteiger partial charge < -0.3 is 15.3 Å². The molecule has 1 aliphatic heterocycles. The number of rotatable bonds is 5. The van der Waals surface area contributed by atoms with E-state index in [-0.39, 0.29) is 0 Å². The van der Waals surface area contributed by atoms with Gasteiger partial charge in [0.1, 0.15) is 17.1 Å². The lowest BCUT2D eigenvalue weighted by Crippen LogP contribution is -2.48. The Balaban J connectivity index is 1.64. The summed E-state index contributed by atoms with van der Waals surface area (Å²) in [6.45, 7) is 5.74. The third-order valence-corrected chi connectivity index (χ3v) is 6.17. The molecule has 2 aromatic rings. The fourth-order valence-corrected chi connectivity index (χ4v) is 4.95. The summed E-state index contributed by atoms with van der Waals surface area (Å²) < 4.78 is 0. The van der Waals surface area contributed by atoms with Crippen LogP contribution in [0.3, 0.4) is 0 Å². The summed E-state index contributed by atoms with van der Waals surface area (Å²) in [7, 11) is 0. The lowest BCUT2D eigenvalue weighted by Gasteiger charge is -2.42. The van der Waals surface area contributed by atoms with Gasteiger partial charge in [-0.3, -0.25) is 9.97 Å². The molecule has 1 aromatic carbocycles. The number of aromatic nitrogens is 2. The maximum absolute atomic E-state index is 11.2. The molecule has 1 aliphatic carbocycles. The second-order valence-corrected chi connectivity index (χ2v) is 9.12. The summed E-state index contributed by atoms with van der Waals surface area (Å²) >= 11 is 0. The number of amides is 1. The topological polar surface area (TPSA) is 102 Å². The second kappa shape index (κ2) is 7.51. The molecule has 2 fully saturated rings. The van der Waals surface area contributed by atoms with E-state index >= 15 is 0 Å². The number of nitriles is 1. The van der Waals surface area contributed by atoms with Crippen LogP contribution in [0.1, 0.15) is 45.1 Å². The van der Waals surface area contributed by atoms with E-state index in [0.29, 0.717) is 22.9 Å². The number of nitrogens with zero attached hydrogens (tertiary/aromatic N) is 4. The molecule has 0 bridgehead atoms. The van der Waals surface area contributed by atoms with Crippen molar-refractivity contribution in [3.63, 3.8) is 0 Å². The number of piperidine rings is 1. The fourth-order valence-electron chi connectivity index (χ4n) is 4.95. The van der Waals surface area contributed by atoms with E-state index in [1.165, 1.54) is 12.8 Å². The van der Waals surface area contributed by atoms with E-state index in [1.54, 1.807) is 12.4 Å². The molecule has 2 atom stereocenters. The number of hydrogen-bond acceptors (Lipinski definition) is 5. The first-order valence-corrected chi connectivity index (χ1v) is 10.3. The molecule has 1 saturated heterocycles. The third-order valence-electron chi connectivity index (χ3n) is 6.17. The standard InChI is InChI=1S/C22H27N5O2/c1-22(2,26-21(28)29)10-14-9-17(15-3-4-15)13-27(12-14)18-6-5-16(11-23)19-20(18)25-8-7-24-19/h5-8,14-15,17,26H,3-4,9-10,12-13H2,1-2H3,(H,28,29). The van der Waals surface area contributed by atoms with E-state index in [1.807, 2.05) is 26.0 Å². The molecule has 1 saturated carbocycles. The number of hydrogen-bond donors (Lipinski definition) is 2. The van der Waals surface area contributed by atoms with Gasteiger partial charge in [-0.2, -0.15) is 5.26 Å². The van der Waals surface area contributed by atoms with Gasteiger partial charge in [-0.05, 0) is 69.4 Å². The number of benzene rings is 1. The van der Waals surface area contributed by atoms with Crippen LogP contribution in [-0.2, 0) is 0 Å². The van der Waals surface area contributed by atoms with Crippen LogP contribution in [0, 0.1) is 29.1 Å². The lowest BCUT2D eigenvalue weighted by atomic mass is 9.79. The average molecular weight is 393 g/mol. The molecule has 7 nitrogen and oxygen atoms in total. The van der Waals surface area contributed by atoms with Gasteiger partial charge in [0.2, 0.25) is 0 Å². The Hall–Kier alpha value is -2.88. The molecule has 2 unspecified atom stereocenters. The maximum atomic E-state index is 11.2. The molecular weight excluding hydrogens is 366 g/mol. The van der Waals surface area contributed by atoms with E-state index in [9.17, 15) is 10.1 Å². The zero-order valence-electron chi connectivity index (χ0n) is 16.9. The second-order valence-electron chi connectivity index (χ2n) is 9.12. The number of carboxylic acid groups (broad SMARTS) is 1. The highest BCUT2D eigenvalue weighted by Gasteiger charge is 2.39. The van der Waals surface area contributed by atoms with Crippen molar-refractivity contribution in [2.24, 2.45) is 17.8 Å². The summed E-state index contributed by atoms with van der Waals surface area (Å²) in [6.07, 6.45) is 6.82. The van der Waals surface area contributed by atoms with Crippen LogP contribution in [0.4, 0.5) is 10.5 Å². The summed E-state index contributed by atoms with van der Waals surface area (Å²) in [6, 6.07) is 6.03. The van der Waals surface area contributed by atoms with Gasteiger partial charge in [0, 0.05) is 31.0 Å². The van der Waals surface area contributed by atoms with E-state index in [0.717, 1.165) is 43.1 Å². The quantitative estimate of drug-likeness (QED) is 0.801. The Kier molecular flexibility index (Phi) is 5.03. The molecule has 29 heavy (non-hydrogen) atoms. The Labute approximate surface area is 170 Å². The minimum atomic E-state index is -0.977. The summed E-state index contributed by atoms with van der Waals surface area (Å²) in [5.41, 5.74) is 2.50. The van der Waals surface area contributed by atoms with Gasteiger partial charge in [0.25, 0.3) is 0 Å². The van der Waals surface area contributed by atoms with Gasteiger partial charge in [-0.15, -0.1) is 0 Å². The minimum absolute atomic E-state index is 0.388. The highest BCUT2D eigenvalue weighted by Crippen LogP contribution is 2.44. The van der Waals surface area contributed by atoms with Crippen molar-refractivity contribution < 1.29 is 9.90 Å². The van der Waals surface area contributed by atoms with Crippen LogP contribution in [0.5, 0.6) is 0 Å². The number of fused-ring (bicyclic) bond motifs is 1. The van der Waals surface area contributed by atoms with E-state index < -0.39 is 11.6 Å². The SMILES string of the molecule is CC(C)(CC1CC(C2CC2)CN(c2ccc(C#N)c3nccnc23)C1)NC(=O)O. The predicted molar refractivity (Wildman–Crippen MR) is 111 cm³/mol. The van der Waals surface area contributed by atoms with Crippen molar-refractivity contribution >= 4 is 22.8 Å². The summed E-state index contributed by atoms with van der Waals surface area (Å²) in [4.78, 5) is 22.5. The zero-order chi connectivity index (χ0) is 20.6. The van der Waals surface area contributed by atoms with Crippen LogP contribution >= 0.6 is 0 Å². The fraction of sp³-hybridized carbons (Fsp3) is 0.545. The largest absolute Gasteiger partial charge is 0.465 e. The van der Waals surface area contributed by atoms with Crippen LogP contribution in [0.25, 0.3) is 11.0 Å². The first kappa shape index (κ1) is 19.4. The highest BCUT2D eigenvalue weighted by atomic mass is 16.4. The smallest absolute Gasteiger partial charge is 0.405 e. The number of carbonyl (C=O) groups is 1. The average Bonchev–Trinajstić information content (AvgIpc) is 3.50. The minimum Gasteiger partial charge on any atom is -0.465 e. The van der Waals surface area contributed by atoms with Gasteiger partial charge in [0.05, 0.1) is 11.3 Å². The van der Waals surface area contributed by atoms with Gasteiger partial charge >= 0.3 is 6.09 Å². The van der Waals surface area contributed by atoms with Crippen molar-refractivity contribution in [2.75, 3.05) is 18.0 Å². The molecule has 152 valence electrons. The Morgan fingerprint density at radius 2 is 1.97 bits per heavy atom. The van der Waals surface area contributed by atoms with Gasteiger partial charge in [0.15, 0.2) is 0 Å². The van der Waals surface area contributed by atoms with Crippen molar-refractivity contribution in [1.29, 1.82) is 5.26 Å². The molecule has 7 heteroatoms. The van der Waals surface area contributed by atoms with E-state index in [2.05, 4.69) is 26.3 Å². The van der Waals surface area contributed by atoms with Crippen LogP contribution in [-0.4, -0.2) is 39.8 Å². The third kappa shape index (κ3) is 4.26. The van der Waals surface area contributed by atoms with Crippen LogP contribution in [0.2, 0.25) is 0 Å².